The van der Waals surface area contributed by atoms with Gasteiger partial charge in [-0.25, -0.2) is 9.78 Å². The fourth-order valence-electron chi connectivity index (χ4n) is 4.54. The second-order valence-electron chi connectivity index (χ2n) is 8.76. The summed E-state index contributed by atoms with van der Waals surface area (Å²) in [5, 5.41) is 0.684. The van der Waals surface area contributed by atoms with Crippen LogP contribution in [-0.2, 0) is 10.9 Å². The molecular formula is C27H23ClF3N3O3. The van der Waals surface area contributed by atoms with Crippen molar-refractivity contribution in [3.05, 3.63) is 71.1 Å². The molecule has 0 N–H and O–H groups in total. The Hall–Kier alpha value is -3.59. The highest BCUT2D eigenvalue weighted by Gasteiger charge is 2.31. The third-order valence-electron chi connectivity index (χ3n) is 6.33. The summed E-state index contributed by atoms with van der Waals surface area (Å²) in [6, 6.07) is 11.0. The molecule has 1 saturated carbocycles. The van der Waals surface area contributed by atoms with Gasteiger partial charge in [-0.15, -0.1) is 0 Å². The number of benzene rings is 1. The molecule has 0 atom stereocenters. The van der Waals surface area contributed by atoms with E-state index in [9.17, 15) is 18.0 Å². The molecule has 10 heteroatoms. The van der Waals surface area contributed by atoms with Crippen molar-refractivity contribution in [2.75, 3.05) is 6.61 Å². The summed E-state index contributed by atoms with van der Waals surface area (Å²) in [7, 11) is 0. The Kier molecular flexibility index (Phi) is 6.81. The monoisotopic (exact) mass is 529 g/mol. The fourth-order valence-corrected chi connectivity index (χ4v) is 4.86. The van der Waals surface area contributed by atoms with Crippen molar-refractivity contribution in [1.29, 1.82) is 0 Å². The highest BCUT2D eigenvalue weighted by atomic mass is 35.5. The molecule has 1 aliphatic rings. The number of fused-ring (bicyclic) bond motifs is 1. The van der Waals surface area contributed by atoms with Crippen molar-refractivity contribution >= 4 is 28.5 Å². The van der Waals surface area contributed by atoms with Crippen molar-refractivity contribution in [2.45, 2.75) is 44.9 Å². The number of alkyl halides is 3. The molecule has 0 unspecified atom stereocenters. The number of nitrogens with zero attached hydrogens (tertiary/aromatic N) is 3. The maximum Gasteiger partial charge on any atom is 0.417 e. The molecule has 0 spiro atoms. The van der Waals surface area contributed by atoms with E-state index < -0.39 is 17.7 Å². The second kappa shape index (κ2) is 10.0. The van der Waals surface area contributed by atoms with Gasteiger partial charge in [0.25, 0.3) is 0 Å². The molecule has 6 nitrogen and oxygen atoms in total. The zero-order valence-electron chi connectivity index (χ0n) is 19.9. The molecule has 0 aliphatic heterocycles. The Morgan fingerprint density at radius 2 is 1.86 bits per heavy atom. The third kappa shape index (κ3) is 5.00. The number of ether oxygens (including phenoxy) is 2. The Bertz CT molecular complexity index is 1430. The second-order valence-corrected chi connectivity index (χ2v) is 9.14. The molecule has 1 aliphatic carbocycles. The number of carbonyl (C=O) groups is 1. The average Bonchev–Trinajstić information content (AvgIpc) is 3.50. The van der Waals surface area contributed by atoms with Crippen LogP contribution >= 0.6 is 11.6 Å². The zero-order chi connectivity index (χ0) is 26.2. The minimum Gasteiger partial charge on any atom is -0.474 e. The van der Waals surface area contributed by atoms with Gasteiger partial charge in [0.1, 0.15) is 6.10 Å². The smallest absolute Gasteiger partial charge is 0.417 e. The lowest BCUT2D eigenvalue weighted by Gasteiger charge is -2.14. The number of hydrogen-bond donors (Lipinski definition) is 0. The Balaban J connectivity index is 1.56. The Morgan fingerprint density at radius 3 is 2.49 bits per heavy atom. The largest absolute Gasteiger partial charge is 0.474 e. The van der Waals surface area contributed by atoms with Crippen LogP contribution in [0, 0.1) is 0 Å². The van der Waals surface area contributed by atoms with Gasteiger partial charge in [-0.3, -0.25) is 4.98 Å². The summed E-state index contributed by atoms with van der Waals surface area (Å²) < 4.78 is 51.7. The average molecular weight is 530 g/mol. The van der Waals surface area contributed by atoms with E-state index in [1.807, 2.05) is 0 Å². The number of esters is 1. The molecule has 192 valence electrons. The minimum atomic E-state index is -4.48. The van der Waals surface area contributed by atoms with Gasteiger partial charge in [-0.1, -0.05) is 17.7 Å². The SMILES string of the molecule is CCOC(=O)c1c(Cl)c2cc(-c3ccc(C(F)(F)F)cn3)ccc2n1-c1ccc(OC2CCCC2)nc1. The van der Waals surface area contributed by atoms with Gasteiger partial charge in [0.15, 0.2) is 5.69 Å². The van der Waals surface area contributed by atoms with Crippen LogP contribution in [0.25, 0.3) is 27.8 Å². The molecule has 3 aromatic heterocycles. The van der Waals surface area contributed by atoms with Crippen LogP contribution in [0.5, 0.6) is 5.88 Å². The lowest BCUT2D eigenvalue weighted by atomic mass is 10.1. The van der Waals surface area contributed by atoms with E-state index >= 15 is 0 Å². The standard InChI is InChI=1S/C27H23ClF3N3O3/c1-2-36-26(35)25-24(28)20-13-16(21-10-8-17(14-32-21)27(29,30)31)7-11-22(20)34(25)18-9-12-23(33-15-18)37-19-5-3-4-6-19/h7-15,19H,2-6H2,1H3. The van der Waals surface area contributed by atoms with Gasteiger partial charge in [0.2, 0.25) is 5.88 Å². The molecule has 0 amide bonds. The predicted molar refractivity (Wildman–Crippen MR) is 133 cm³/mol. The molecule has 0 radical (unpaired) electrons. The van der Waals surface area contributed by atoms with Crippen molar-refractivity contribution in [2.24, 2.45) is 0 Å². The van der Waals surface area contributed by atoms with E-state index in [4.69, 9.17) is 21.1 Å². The number of halogens is 4. The molecule has 1 fully saturated rings. The van der Waals surface area contributed by atoms with E-state index in [1.165, 1.54) is 6.07 Å². The van der Waals surface area contributed by atoms with Gasteiger partial charge in [0, 0.05) is 23.2 Å². The third-order valence-corrected chi connectivity index (χ3v) is 6.71. The summed E-state index contributed by atoms with van der Waals surface area (Å²) in [6.45, 7) is 1.85. The maximum absolute atomic E-state index is 12.9. The maximum atomic E-state index is 12.9. The van der Waals surface area contributed by atoms with Crippen LogP contribution in [-0.4, -0.2) is 33.2 Å². The van der Waals surface area contributed by atoms with Crippen molar-refractivity contribution < 1.29 is 27.4 Å². The first-order chi connectivity index (χ1) is 17.8. The number of rotatable bonds is 6. The van der Waals surface area contributed by atoms with Gasteiger partial charge < -0.3 is 14.0 Å². The summed E-state index contributed by atoms with van der Waals surface area (Å²) in [5.41, 5.74) is 1.37. The van der Waals surface area contributed by atoms with E-state index in [1.54, 1.807) is 48.0 Å². The van der Waals surface area contributed by atoms with Crippen LogP contribution < -0.4 is 4.74 Å². The Labute approximate surface area is 216 Å². The number of aromatic nitrogens is 3. The van der Waals surface area contributed by atoms with Gasteiger partial charge >= 0.3 is 12.1 Å². The molecule has 3 heterocycles. The lowest BCUT2D eigenvalue weighted by molar-refractivity contribution is -0.137. The minimum absolute atomic E-state index is 0.127. The van der Waals surface area contributed by atoms with E-state index in [0.717, 1.165) is 37.9 Å². The molecule has 5 rings (SSSR count). The van der Waals surface area contributed by atoms with Crippen LogP contribution in [0.4, 0.5) is 13.2 Å². The normalized spacial score (nSPS) is 14.3. The Morgan fingerprint density at radius 1 is 1.08 bits per heavy atom. The summed E-state index contributed by atoms with van der Waals surface area (Å²) in [4.78, 5) is 21.3. The topological polar surface area (TPSA) is 66.2 Å². The van der Waals surface area contributed by atoms with Crippen LogP contribution in [0.3, 0.4) is 0 Å². The van der Waals surface area contributed by atoms with E-state index in [0.29, 0.717) is 33.7 Å². The fraction of sp³-hybridized carbons (Fsp3) is 0.296. The molecule has 0 bridgehead atoms. The highest BCUT2D eigenvalue weighted by molar-refractivity contribution is 6.39. The summed E-state index contributed by atoms with van der Waals surface area (Å²) in [6.07, 6.45) is 2.37. The highest BCUT2D eigenvalue weighted by Crippen LogP contribution is 2.37. The van der Waals surface area contributed by atoms with E-state index in [-0.39, 0.29) is 23.4 Å². The van der Waals surface area contributed by atoms with Crippen molar-refractivity contribution in [3.8, 4) is 22.8 Å². The first-order valence-corrected chi connectivity index (χ1v) is 12.3. The molecular weight excluding hydrogens is 507 g/mol. The van der Waals surface area contributed by atoms with Crippen molar-refractivity contribution in [3.63, 3.8) is 0 Å². The number of hydrogen-bond acceptors (Lipinski definition) is 5. The van der Waals surface area contributed by atoms with Gasteiger partial charge in [-0.2, -0.15) is 13.2 Å². The van der Waals surface area contributed by atoms with Crippen LogP contribution in [0.2, 0.25) is 5.02 Å². The lowest BCUT2D eigenvalue weighted by Crippen LogP contribution is -2.13. The molecule has 1 aromatic carbocycles. The van der Waals surface area contributed by atoms with Gasteiger partial charge in [-0.05, 0) is 62.9 Å². The zero-order valence-corrected chi connectivity index (χ0v) is 20.6. The predicted octanol–water partition coefficient (Wildman–Crippen LogP) is 7.26. The molecule has 0 saturated heterocycles. The first kappa shape index (κ1) is 25.1. The quantitative estimate of drug-likeness (QED) is 0.246. The molecule has 4 aromatic rings. The first-order valence-electron chi connectivity index (χ1n) is 11.9. The van der Waals surface area contributed by atoms with E-state index in [2.05, 4.69) is 9.97 Å². The molecule has 37 heavy (non-hydrogen) atoms. The number of pyridine rings is 2. The number of carbonyl (C=O) groups excluding carboxylic acids is 1. The summed E-state index contributed by atoms with van der Waals surface area (Å²) >= 11 is 6.70. The van der Waals surface area contributed by atoms with Gasteiger partial charge in [0.05, 0.1) is 40.3 Å². The van der Waals surface area contributed by atoms with Crippen LogP contribution in [0.1, 0.15) is 48.7 Å². The van der Waals surface area contributed by atoms with Crippen molar-refractivity contribution in [1.82, 2.24) is 14.5 Å². The summed E-state index contributed by atoms with van der Waals surface area (Å²) in [5.74, 6) is -0.101. The van der Waals surface area contributed by atoms with Crippen LogP contribution in [0.15, 0.2) is 54.9 Å².